The number of nitrogens with zero attached hydrogens (tertiary/aromatic N) is 4. The van der Waals surface area contributed by atoms with Crippen molar-refractivity contribution < 1.29 is 0 Å². The molecule has 1 saturated heterocycles. The van der Waals surface area contributed by atoms with Crippen molar-refractivity contribution in [2.45, 2.75) is 38.8 Å². The molecule has 27 heavy (non-hydrogen) atoms. The molecule has 1 aliphatic rings. The Morgan fingerprint density at radius 3 is 2.41 bits per heavy atom. The Morgan fingerprint density at radius 1 is 1.15 bits per heavy atom. The number of likely N-dealkylation sites (tertiary alicyclic amines) is 1. The van der Waals surface area contributed by atoms with Crippen LogP contribution in [0.1, 0.15) is 26.7 Å². The second-order valence-electron chi connectivity index (χ2n) is 7.13. The van der Waals surface area contributed by atoms with Crippen molar-refractivity contribution in [3.8, 4) is 5.69 Å². The molecule has 0 N–H and O–H groups in total. The van der Waals surface area contributed by atoms with Crippen LogP contribution in [0.4, 0.5) is 5.69 Å². The minimum absolute atomic E-state index is 0.0547. The quantitative estimate of drug-likeness (QED) is 0.717. The molecule has 1 fully saturated rings. The van der Waals surface area contributed by atoms with Gasteiger partial charge in [0.15, 0.2) is 0 Å². The third kappa shape index (κ3) is 4.27. The van der Waals surface area contributed by atoms with Gasteiger partial charge in [0.1, 0.15) is 5.02 Å². The summed E-state index contributed by atoms with van der Waals surface area (Å²) in [7, 11) is 2.07. The van der Waals surface area contributed by atoms with E-state index in [2.05, 4.69) is 35.8 Å². The van der Waals surface area contributed by atoms with E-state index in [0.717, 1.165) is 31.6 Å². The first-order valence-electron chi connectivity index (χ1n) is 8.99. The number of benzene rings is 1. The lowest BCUT2D eigenvalue weighted by Gasteiger charge is -2.39. The zero-order valence-electron chi connectivity index (χ0n) is 15.6. The highest BCUT2D eigenvalue weighted by atomic mass is 35.5. The number of rotatable bonds is 4. The molecule has 8 heteroatoms. The van der Waals surface area contributed by atoms with Gasteiger partial charge in [0, 0.05) is 32.2 Å². The second kappa shape index (κ2) is 8.39. The molecule has 1 aliphatic heterocycles. The lowest BCUT2D eigenvalue weighted by molar-refractivity contribution is 0.171. The van der Waals surface area contributed by atoms with Gasteiger partial charge in [-0.1, -0.05) is 34.8 Å². The number of anilines is 1. The number of piperidine rings is 1. The van der Waals surface area contributed by atoms with Gasteiger partial charge in [-0.3, -0.25) is 4.79 Å². The maximum absolute atomic E-state index is 12.3. The highest BCUT2D eigenvalue weighted by Crippen LogP contribution is 2.31. The highest BCUT2D eigenvalue weighted by Gasteiger charge is 2.25. The molecule has 1 aromatic carbocycles. The number of hydrogen-bond donors (Lipinski definition) is 0. The van der Waals surface area contributed by atoms with Gasteiger partial charge in [-0.25, -0.2) is 0 Å². The van der Waals surface area contributed by atoms with E-state index in [-0.39, 0.29) is 10.0 Å². The Bertz CT molecular complexity index is 876. The highest BCUT2D eigenvalue weighted by molar-refractivity contribution is 6.41. The predicted molar refractivity (Wildman–Crippen MR) is 113 cm³/mol. The van der Waals surface area contributed by atoms with Gasteiger partial charge in [-0.15, -0.1) is 0 Å². The summed E-state index contributed by atoms with van der Waals surface area (Å²) in [6.07, 6.45) is 3.54. The molecule has 0 unspecified atom stereocenters. The first-order valence-corrected chi connectivity index (χ1v) is 10.1. The van der Waals surface area contributed by atoms with Crippen LogP contribution in [0.25, 0.3) is 5.69 Å². The van der Waals surface area contributed by atoms with Gasteiger partial charge in [0.25, 0.3) is 5.56 Å². The molecule has 2 heterocycles. The monoisotopic (exact) mass is 428 g/mol. The largest absolute Gasteiger partial charge is 0.370 e. The molecule has 5 nitrogen and oxygen atoms in total. The van der Waals surface area contributed by atoms with E-state index < -0.39 is 5.56 Å². The zero-order valence-corrected chi connectivity index (χ0v) is 17.9. The van der Waals surface area contributed by atoms with Crippen molar-refractivity contribution in [1.82, 2.24) is 14.7 Å². The van der Waals surface area contributed by atoms with Crippen LogP contribution in [-0.4, -0.2) is 46.9 Å². The summed E-state index contributed by atoms with van der Waals surface area (Å²) in [5.74, 6) is 0. The van der Waals surface area contributed by atoms with E-state index in [0.29, 0.717) is 22.8 Å². The van der Waals surface area contributed by atoms with Gasteiger partial charge >= 0.3 is 0 Å². The molecule has 146 valence electrons. The average Bonchev–Trinajstić information content (AvgIpc) is 2.66. The Kier molecular flexibility index (Phi) is 6.36. The Morgan fingerprint density at radius 2 is 1.81 bits per heavy atom. The molecular formula is C19H23Cl3N4O. The lowest BCUT2D eigenvalue weighted by Crippen LogP contribution is -2.45. The summed E-state index contributed by atoms with van der Waals surface area (Å²) in [6.45, 7) is 6.65. The Hall–Kier alpha value is -1.27. The lowest BCUT2D eigenvalue weighted by atomic mass is 10.0. The first kappa shape index (κ1) is 20.5. The molecule has 0 aliphatic carbocycles. The third-order valence-corrected chi connectivity index (χ3v) is 6.26. The van der Waals surface area contributed by atoms with Crippen molar-refractivity contribution in [2.24, 2.45) is 0 Å². The van der Waals surface area contributed by atoms with Gasteiger partial charge in [-0.05, 0) is 44.9 Å². The molecule has 2 aromatic rings. The Balaban J connectivity index is 1.81. The van der Waals surface area contributed by atoms with Crippen LogP contribution in [0, 0.1) is 0 Å². The number of aromatic nitrogens is 2. The summed E-state index contributed by atoms with van der Waals surface area (Å²) >= 11 is 18.3. The summed E-state index contributed by atoms with van der Waals surface area (Å²) in [6, 6.07) is 6.49. The molecule has 0 atom stereocenters. The molecular weight excluding hydrogens is 407 g/mol. The molecule has 0 spiro atoms. The normalized spacial score (nSPS) is 16.1. The average molecular weight is 430 g/mol. The summed E-state index contributed by atoms with van der Waals surface area (Å²) in [5, 5.41) is 4.70. The number of halogens is 3. The molecule has 0 amide bonds. The molecule has 1 aromatic heterocycles. The minimum atomic E-state index is -0.470. The van der Waals surface area contributed by atoms with Gasteiger partial charge in [0.2, 0.25) is 0 Å². The minimum Gasteiger partial charge on any atom is -0.370 e. The third-order valence-electron chi connectivity index (χ3n) is 5.21. The van der Waals surface area contributed by atoms with Crippen molar-refractivity contribution in [3.05, 3.63) is 49.8 Å². The fourth-order valence-electron chi connectivity index (χ4n) is 3.50. The smallest absolute Gasteiger partial charge is 0.291 e. The molecule has 0 radical (unpaired) electrons. The predicted octanol–water partition coefficient (Wildman–Crippen LogP) is 4.50. The summed E-state index contributed by atoms with van der Waals surface area (Å²) in [5.41, 5.74) is 1.02. The van der Waals surface area contributed by atoms with Crippen LogP contribution in [0.15, 0.2) is 29.2 Å². The van der Waals surface area contributed by atoms with Gasteiger partial charge in [0.05, 0.1) is 27.6 Å². The van der Waals surface area contributed by atoms with Gasteiger partial charge in [-0.2, -0.15) is 9.78 Å². The zero-order chi connectivity index (χ0) is 19.7. The molecule has 0 saturated carbocycles. The van der Waals surface area contributed by atoms with E-state index in [1.54, 1.807) is 6.07 Å². The van der Waals surface area contributed by atoms with E-state index in [4.69, 9.17) is 34.8 Å². The fourth-order valence-corrected chi connectivity index (χ4v) is 4.06. The van der Waals surface area contributed by atoms with Crippen LogP contribution < -0.4 is 10.5 Å². The first-order chi connectivity index (χ1) is 12.8. The summed E-state index contributed by atoms with van der Waals surface area (Å²) in [4.78, 5) is 17.0. The van der Waals surface area contributed by atoms with Crippen LogP contribution in [0.5, 0.6) is 0 Å². The van der Waals surface area contributed by atoms with E-state index in [1.807, 2.05) is 12.1 Å². The van der Waals surface area contributed by atoms with Crippen molar-refractivity contribution in [2.75, 3.05) is 25.0 Å². The van der Waals surface area contributed by atoms with Crippen molar-refractivity contribution >= 4 is 40.5 Å². The Labute approximate surface area is 174 Å². The van der Waals surface area contributed by atoms with Crippen LogP contribution in [-0.2, 0) is 0 Å². The molecule has 3 rings (SSSR count). The maximum atomic E-state index is 12.3. The van der Waals surface area contributed by atoms with Crippen molar-refractivity contribution in [3.63, 3.8) is 0 Å². The van der Waals surface area contributed by atoms with Gasteiger partial charge < -0.3 is 9.80 Å². The van der Waals surface area contributed by atoms with Crippen LogP contribution in [0.2, 0.25) is 15.1 Å². The van der Waals surface area contributed by atoms with Crippen LogP contribution >= 0.6 is 34.8 Å². The van der Waals surface area contributed by atoms with Crippen LogP contribution in [0.3, 0.4) is 0 Å². The summed E-state index contributed by atoms with van der Waals surface area (Å²) < 4.78 is 1.20. The van der Waals surface area contributed by atoms with E-state index in [1.165, 1.54) is 10.9 Å². The fraction of sp³-hybridized carbons (Fsp3) is 0.474. The molecule has 0 bridgehead atoms. The number of hydrogen-bond acceptors (Lipinski definition) is 4. The standard InChI is InChI=1S/C19H23Cl3N4O/c1-12(2)25-8-6-13(7-9-25)24(3)17-5-4-14(10-15(17)20)26-19(27)18(22)16(21)11-23-26/h4-5,10-13H,6-9H2,1-3H3. The maximum Gasteiger partial charge on any atom is 0.291 e. The topological polar surface area (TPSA) is 41.4 Å². The van der Waals surface area contributed by atoms with E-state index in [9.17, 15) is 4.79 Å². The second-order valence-corrected chi connectivity index (χ2v) is 8.32. The SMILES string of the molecule is CC(C)N1CCC(N(C)c2ccc(-n3ncc(Cl)c(Cl)c3=O)cc2Cl)CC1. The van der Waals surface area contributed by atoms with Crippen molar-refractivity contribution in [1.29, 1.82) is 0 Å². The van der Waals surface area contributed by atoms with E-state index >= 15 is 0 Å².